The van der Waals surface area contributed by atoms with Gasteiger partial charge in [-0.25, -0.2) is 9.59 Å². The summed E-state index contributed by atoms with van der Waals surface area (Å²) in [7, 11) is 1.24. The van der Waals surface area contributed by atoms with Crippen LogP contribution < -0.4 is 0 Å². The number of nitrogens with zero attached hydrogens (tertiary/aromatic N) is 1. The molecule has 0 aromatic carbocycles. The smallest absolute Gasteiger partial charge is 0.331 e. The van der Waals surface area contributed by atoms with E-state index in [9.17, 15) is 9.59 Å². The monoisotopic (exact) mass is 305 g/mol. The van der Waals surface area contributed by atoms with E-state index in [4.69, 9.17) is 17.0 Å². The van der Waals surface area contributed by atoms with E-state index in [1.165, 1.54) is 7.11 Å². The predicted molar refractivity (Wildman–Crippen MR) is 80.3 cm³/mol. The molecule has 0 radical (unpaired) electrons. The van der Waals surface area contributed by atoms with Gasteiger partial charge in [0.15, 0.2) is 0 Å². The zero-order valence-corrected chi connectivity index (χ0v) is 12.8. The Morgan fingerprint density at radius 3 is 2.53 bits per heavy atom. The molecule has 19 heavy (non-hydrogen) atoms. The van der Waals surface area contributed by atoms with E-state index in [0.717, 1.165) is 30.2 Å². The van der Waals surface area contributed by atoms with Crippen LogP contribution in [0.1, 0.15) is 6.92 Å². The first-order valence-corrected chi connectivity index (χ1v) is 7.46. The highest BCUT2D eigenvalue weighted by molar-refractivity contribution is 7.99. The molecule has 0 fully saturated rings. The van der Waals surface area contributed by atoms with Gasteiger partial charge in [0.1, 0.15) is 6.61 Å². The topological polar surface area (TPSA) is 55.8 Å². The van der Waals surface area contributed by atoms with Gasteiger partial charge in [-0.3, -0.25) is 0 Å². The van der Waals surface area contributed by atoms with Crippen molar-refractivity contribution >= 4 is 41.4 Å². The summed E-state index contributed by atoms with van der Waals surface area (Å²) in [5.74, 6) is 0.894. The number of carbonyl (C=O) groups is 2. The van der Waals surface area contributed by atoms with Crippen molar-refractivity contribution in [3.05, 3.63) is 12.2 Å². The minimum Gasteiger partial charge on any atom is -0.466 e. The molecule has 0 rings (SSSR count). The van der Waals surface area contributed by atoms with Gasteiger partial charge in [-0.2, -0.15) is 11.8 Å². The second-order valence-electron chi connectivity index (χ2n) is 3.36. The average molecular weight is 305 g/mol. The van der Waals surface area contributed by atoms with Crippen molar-refractivity contribution in [1.29, 1.82) is 0 Å². The van der Waals surface area contributed by atoms with Crippen LogP contribution in [0.3, 0.4) is 0 Å². The van der Waals surface area contributed by atoms with E-state index in [1.54, 1.807) is 5.49 Å². The van der Waals surface area contributed by atoms with Crippen LogP contribution in [0.5, 0.6) is 0 Å². The van der Waals surface area contributed by atoms with Gasteiger partial charge < -0.3 is 14.4 Å². The fraction of sp³-hybridized carbons (Fsp3) is 0.583. The van der Waals surface area contributed by atoms with Crippen LogP contribution in [-0.4, -0.2) is 60.6 Å². The lowest BCUT2D eigenvalue weighted by atomic mass is 10.5. The Labute approximate surface area is 123 Å². The average Bonchev–Trinajstić information content (AvgIpc) is 2.43. The summed E-state index contributed by atoms with van der Waals surface area (Å²) < 4.78 is 9.28. The second-order valence-corrected chi connectivity index (χ2v) is 4.97. The Morgan fingerprint density at radius 2 is 1.95 bits per heavy atom. The van der Waals surface area contributed by atoms with Crippen LogP contribution in [0.2, 0.25) is 0 Å². The lowest BCUT2D eigenvalue weighted by Crippen LogP contribution is -2.28. The Morgan fingerprint density at radius 1 is 1.26 bits per heavy atom. The molecule has 0 aromatic heterocycles. The molecule has 0 bridgehead atoms. The Bertz CT molecular complexity index is 321. The number of esters is 2. The van der Waals surface area contributed by atoms with Crippen molar-refractivity contribution in [3.63, 3.8) is 0 Å². The van der Waals surface area contributed by atoms with E-state index >= 15 is 0 Å². The summed E-state index contributed by atoms with van der Waals surface area (Å²) >= 11 is 6.71. The van der Waals surface area contributed by atoms with E-state index in [0.29, 0.717) is 6.54 Å². The first-order valence-electron chi connectivity index (χ1n) is 5.83. The van der Waals surface area contributed by atoms with Gasteiger partial charge in [0, 0.05) is 24.4 Å². The zero-order chi connectivity index (χ0) is 14.5. The Balaban J connectivity index is 3.80. The highest BCUT2D eigenvalue weighted by atomic mass is 32.2. The number of hydrogen-bond donors (Lipinski definition) is 0. The molecule has 5 nitrogen and oxygen atoms in total. The van der Waals surface area contributed by atoms with Crippen molar-refractivity contribution < 1.29 is 19.1 Å². The minimum absolute atomic E-state index is 0.230. The van der Waals surface area contributed by atoms with Gasteiger partial charge in [0.2, 0.25) is 0 Å². The van der Waals surface area contributed by atoms with Gasteiger partial charge in [-0.05, 0) is 5.75 Å². The highest BCUT2D eigenvalue weighted by Gasteiger charge is 2.02. The predicted octanol–water partition coefficient (Wildman–Crippen LogP) is 1.27. The number of carbonyl (C=O) groups excluding carboxylic acids is 2. The lowest BCUT2D eigenvalue weighted by Gasteiger charge is -2.18. The summed E-state index contributed by atoms with van der Waals surface area (Å²) in [6, 6.07) is 0. The van der Waals surface area contributed by atoms with Crippen molar-refractivity contribution in [2.75, 3.05) is 38.3 Å². The lowest BCUT2D eigenvalue weighted by molar-refractivity contribution is -0.139. The van der Waals surface area contributed by atoms with Crippen molar-refractivity contribution in [3.8, 4) is 0 Å². The zero-order valence-electron chi connectivity index (χ0n) is 11.2. The molecule has 0 N–H and O–H groups in total. The standard InChI is InChI=1S/C12H19NO4S2/c1-3-19-9-7-13(10-18)6-8-17-12(15)5-4-11(14)16-2/h4-5,10H,3,6-9H2,1-2H3/b5-4+. The minimum atomic E-state index is -0.589. The molecule has 0 aliphatic heterocycles. The van der Waals surface area contributed by atoms with Gasteiger partial charge in [-0.15, -0.1) is 0 Å². The fourth-order valence-electron chi connectivity index (χ4n) is 1.06. The summed E-state index contributed by atoms with van der Waals surface area (Å²) in [4.78, 5) is 23.9. The number of thiocarbonyl (C=S) groups is 1. The van der Waals surface area contributed by atoms with E-state index in [2.05, 4.69) is 11.7 Å². The molecule has 0 saturated carbocycles. The summed E-state index contributed by atoms with van der Waals surface area (Å²) in [5, 5.41) is 0. The van der Waals surface area contributed by atoms with Gasteiger partial charge in [0.05, 0.1) is 19.1 Å². The molecule has 0 unspecified atom stereocenters. The van der Waals surface area contributed by atoms with Crippen molar-refractivity contribution in [2.24, 2.45) is 0 Å². The number of ether oxygens (including phenoxy) is 2. The maximum atomic E-state index is 11.2. The van der Waals surface area contributed by atoms with E-state index in [1.807, 2.05) is 16.7 Å². The molecule has 0 atom stereocenters. The molecule has 108 valence electrons. The van der Waals surface area contributed by atoms with Crippen LogP contribution in [0.4, 0.5) is 0 Å². The number of methoxy groups -OCH3 is 1. The molecule has 7 heteroatoms. The number of thioether (sulfide) groups is 1. The van der Waals surface area contributed by atoms with Gasteiger partial charge in [0.25, 0.3) is 0 Å². The number of hydrogen-bond acceptors (Lipinski definition) is 6. The van der Waals surface area contributed by atoms with Gasteiger partial charge in [-0.1, -0.05) is 19.1 Å². The van der Waals surface area contributed by atoms with Crippen LogP contribution >= 0.6 is 24.0 Å². The maximum Gasteiger partial charge on any atom is 0.331 e. The summed E-state index contributed by atoms with van der Waals surface area (Å²) in [6.07, 6.45) is 2.07. The third-order valence-electron chi connectivity index (χ3n) is 2.06. The van der Waals surface area contributed by atoms with Crippen LogP contribution in [0.25, 0.3) is 0 Å². The molecule has 0 aliphatic rings. The molecule has 0 saturated heterocycles. The molecule has 0 aromatic rings. The van der Waals surface area contributed by atoms with Crippen LogP contribution in [-0.2, 0) is 19.1 Å². The number of rotatable bonds is 10. The molecule has 0 heterocycles. The fourth-order valence-corrected chi connectivity index (χ4v) is 1.92. The van der Waals surface area contributed by atoms with Gasteiger partial charge >= 0.3 is 11.9 Å². The normalized spacial score (nSPS) is 10.2. The Hall–Kier alpha value is -1.08. The molecular weight excluding hydrogens is 286 g/mol. The largest absolute Gasteiger partial charge is 0.466 e. The second kappa shape index (κ2) is 12.0. The molecule has 0 spiro atoms. The molecular formula is C12H19NO4S2. The highest BCUT2D eigenvalue weighted by Crippen LogP contribution is 1.99. The third kappa shape index (κ3) is 10.5. The maximum absolute atomic E-state index is 11.2. The summed E-state index contributed by atoms with van der Waals surface area (Å²) in [5.41, 5.74) is 1.56. The first-order chi connectivity index (χ1) is 9.13. The van der Waals surface area contributed by atoms with Crippen LogP contribution in [0, 0.1) is 0 Å². The van der Waals surface area contributed by atoms with Crippen molar-refractivity contribution in [2.45, 2.75) is 6.92 Å². The van der Waals surface area contributed by atoms with Crippen LogP contribution in [0.15, 0.2) is 12.2 Å². The molecule has 0 amide bonds. The SMILES string of the molecule is CCSCCN(C=S)CCOC(=O)/C=C/C(=O)OC. The molecule has 0 aliphatic carbocycles. The first kappa shape index (κ1) is 17.9. The van der Waals surface area contributed by atoms with E-state index in [-0.39, 0.29) is 6.61 Å². The summed E-state index contributed by atoms with van der Waals surface area (Å²) in [6.45, 7) is 3.71. The Kier molecular flexibility index (Phi) is 11.3. The quantitative estimate of drug-likeness (QED) is 0.261. The van der Waals surface area contributed by atoms with Crippen molar-refractivity contribution in [1.82, 2.24) is 4.90 Å². The van der Waals surface area contributed by atoms with E-state index < -0.39 is 11.9 Å². The third-order valence-corrected chi connectivity index (χ3v) is 3.23.